The van der Waals surface area contributed by atoms with Crippen LogP contribution in [0.5, 0.6) is 0 Å². The molecule has 0 spiro atoms. The zero-order valence-electron chi connectivity index (χ0n) is 14.3. The van der Waals surface area contributed by atoms with Crippen molar-refractivity contribution in [1.82, 2.24) is 14.7 Å². The quantitative estimate of drug-likeness (QED) is 0.739. The Hall–Kier alpha value is -1.14. The van der Waals surface area contributed by atoms with Crippen LogP contribution in [-0.4, -0.2) is 86.5 Å². The van der Waals surface area contributed by atoms with Crippen LogP contribution in [0.2, 0.25) is 0 Å². The Balaban J connectivity index is 1.87. The van der Waals surface area contributed by atoms with Gasteiger partial charge in [-0.25, -0.2) is 0 Å². The van der Waals surface area contributed by atoms with Crippen LogP contribution in [0.1, 0.15) is 26.2 Å². The van der Waals surface area contributed by atoms with Gasteiger partial charge in [0, 0.05) is 45.1 Å². The van der Waals surface area contributed by atoms with Gasteiger partial charge in [0.05, 0.1) is 19.8 Å². The summed E-state index contributed by atoms with van der Waals surface area (Å²) in [7, 11) is 5.59. The largest absolute Gasteiger partial charge is 0.380 e. The lowest BCUT2D eigenvalue weighted by atomic mass is 9.87. The molecule has 0 aromatic rings. The lowest BCUT2D eigenvalue weighted by molar-refractivity contribution is -0.138. The van der Waals surface area contributed by atoms with E-state index in [1.165, 1.54) is 0 Å². The summed E-state index contributed by atoms with van der Waals surface area (Å²) < 4.78 is 5.32. The molecule has 22 heavy (non-hydrogen) atoms. The summed E-state index contributed by atoms with van der Waals surface area (Å²) in [6.07, 6.45) is 2.34. The van der Waals surface area contributed by atoms with E-state index < -0.39 is 0 Å². The summed E-state index contributed by atoms with van der Waals surface area (Å²) in [6, 6.07) is 0.404. The third-order valence-corrected chi connectivity index (χ3v) is 4.76. The molecule has 6 nitrogen and oxygen atoms in total. The summed E-state index contributed by atoms with van der Waals surface area (Å²) in [5.74, 6) is 0.0866. The van der Waals surface area contributed by atoms with Crippen molar-refractivity contribution in [2.45, 2.75) is 32.2 Å². The average Bonchev–Trinajstić information content (AvgIpc) is 2.60. The molecule has 6 heteroatoms. The predicted molar refractivity (Wildman–Crippen MR) is 84.5 cm³/mol. The third-order valence-electron chi connectivity index (χ3n) is 4.76. The lowest BCUT2D eigenvalue weighted by Crippen LogP contribution is -2.50. The molecule has 2 aliphatic heterocycles. The fraction of sp³-hybridized carbons (Fsp3) is 0.875. The van der Waals surface area contributed by atoms with Gasteiger partial charge in [-0.1, -0.05) is 6.92 Å². The Morgan fingerprint density at radius 1 is 1.32 bits per heavy atom. The highest BCUT2D eigenvalue weighted by Crippen LogP contribution is 2.29. The van der Waals surface area contributed by atoms with E-state index in [2.05, 4.69) is 18.9 Å². The predicted octanol–water partition coefficient (Wildman–Crippen LogP) is 0.424. The average molecular weight is 311 g/mol. The Labute approximate surface area is 133 Å². The topological polar surface area (TPSA) is 53.1 Å². The van der Waals surface area contributed by atoms with Crippen LogP contribution < -0.4 is 0 Å². The molecule has 0 aromatic carbocycles. The van der Waals surface area contributed by atoms with Gasteiger partial charge < -0.3 is 19.4 Å². The van der Waals surface area contributed by atoms with E-state index in [0.29, 0.717) is 19.0 Å². The summed E-state index contributed by atoms with van der Waals surface area (Å²) in [4.78, 5) is 29.7. The van der Waals surface area contributed by atoms with E-state index in [1.807, 2.05) is 0 Å². The molecule has 2 rings (SSSR count). The first-order chi connectivity index (χ1) is 10.3. The molecule has 0 aliphatic carbocycles. The van der Waals surface area contributed by atoms with Gasteiger partial charge in [0.1, 0.15) is 0 Å². The maximum atomic E-state index is 12.2. The van der Waals surface area contributed by atoms with Crippen LogP contribution in [0.15, 0.2) is 0 Å². The SMILES string of the molecule is CN(C)C(=O)CN1CC[C@@H](N(C)CC2(C)COC2)CCC1=O. The van der Waals surface area contributed by atoms with Crippen molar-refractivity contribution in [3.63, 3.8) is 0 Å². The molecule has 0 unspecified atom stereocenters. The number of ether oxygens (including phenoxy) is 1. The van der Waals surface area contributed by atoms with Gasteiger partial charge in [-0.15, -0.1) is 0 Å². The Morgan fingerprint density at radius 3 is 2.55 bits per heavy atom. The van der Waals surface area contributed by atoms with Crippen molar-refractivity contribution < 1.29 is 14.3 Å². The van der Waals surface area contributed by atoms with Crippen molar-refractivity contribution >= 4 is 11.8 Å². The molecule has 2 saturated heterocycles. The molecule has 2 fully saturated rings. The summed E-state index contributed by atoms with van der Waals surface area (Å²) in [6.45, 7) is 5.77. The maximum absolute atomic E-state index is 12.2. The summed E-state index contributed by atoms with van der Waals surface area (Å²) in [5, 5.41) is 0. The lowest BCUT2D eigenvalue weighted by Gasteiger charge is -2.42. The summed E-state index contributed by atoms with van der Waals surface area (Å²) >= 11 is 0. The molecule has 0 bridgehead atoms. The number of rotatable bonds is 5. The molecular formula is C16H29N3O3. The van der Waals surface area contributed by atoms with Crippen LogP contribution in [0, 0.1) is 5.41 Å². The standard InChI is InChI=1S/C16H29N3O3/c1-16(11-22-12-16)10-18(4)13-5-6-14(20)19(8-7-13)9-15(21)17(2)3/h13H,5-12H2,1-4H3/t13-/m0/s1. The van der Waals surface area contributed by atoms with E-state index in [0.717, 1.165) is 32.6 Å². The first-order valence-electron chi connectivity index (χ1n) is 8.07. The number of nitrogens with zero attached hydrogens (tertiary/aromatic N) is 3. The van der Waals surface area contributed by atoms with Crippen molar-refractivity contribution in [2.24, 2.45) is 5.41 Å². The minimum Gasteiger partial charge on any atom is -0.380 e. The highest BCUT2D eigenvalue weighted by molar-refractivity contribution is 5.84. The number of hydrogen-bond acceptors (Lipinski definition) is 4. The fourth-order valence-electron chi connectivity index (χ4n) is 3.21. The van der Waals surface area contributed by atoms with Gasteiger partial charge in [-0.05, 0) is 19.9 Å². The van der Waals surface area contributed by atoms with Gasteiger partial charge in [-0.2, -0.15) is 0 Å². The van der Waals surface area contributed by atoms with E-state index in [1.54, 1.807) is 23.9 Å². The molecule has 0 radical (unpaired) electrons. The summed E-state index contributed by atoms with van der Waals surface area (Å²) in [5.41, 5.74) is 0.256. The van der Waals surface area contributed by atoms with Crippen molar-refractivity contribution in [2.75, 3.05) is 54.0 Å². The van der Waals surface area contributed by atoms with Crippen LogP contribution in [-0.2, 0) is 14.3 Å². The normalized spacial score (nSPS) is 24.9. The second kappa shape index (κ2) is 6.96. The number of likely N-dealkylation sites (N-methyl/N-ethyl adjacent to an activating group) is 1. The molecule has 2 amide bonds. The van der Waals surface area contributed by atoms with E-state index in [9.17, 15) is 9.59 Å². The minimum absolute atomic E-state index is 0.0146. The van der Waals surface area contributed by atoms with Crippen LogP contribution >= 0.6 is 0 Å². The van der Waals surface area contributed by atoms with Crippen molar-refractivity contribution in [3.8, 4) is 0 Å². The highest BCUT2D eigenvalue weighted by Gasteiger charge is 2.36. The smallest absolute Gasteiger partial charge is 0.241 e. The molecule has 0 saturated carbocycles. The number of hydrogen-bond donors (Lipinski definition) is 0. The second-order valence-corrected chi connectivity index (χ2v) is 7.30. The zero-order valence-corrected chi connectivity index (χ0v) is 14.3. The van der Waals surface area contributed by atoms with Crippen LogP contribution in [0.4, 0.5) is 0 Å². The Bertz CT molecular complexity index is 421. The monoisotopic (exact) mass is 311 g/mol. The van der Waals surface area contributed by atoms with Gasteiger partial charge in [0.2, 0.25) is 11.8 Å². The highest BCUT2D eigenvalue weighted by atomic mass is 16.5. The molecular weight excluding hydrogens is 282 g/mol. The van der Waals surface area contributed by atoms with Gasteiger partial charge in [-0.3, -0.25) is 9.59 Å². The number of likely N-dealkylation sites (tertiary alicyclic amines) is 1. The first-order valence-corrected chi connectivity index (χ1v) is 8.07. The van der Waals surface area contributed by atoms with E-state index in [-0.39, 0.29) is 23.8 Å². The van der Waals surface area contributed by atoms with Gasteiger partial charge in [0.25, 0.3) is 0 Å². The second-order valence-electron chi connectivity index (χ2n) is 7.30. The van der Waals surface area contributed by atoms with Crippen molar-refractivity contribution in [3.05, 3.63) is 0 Å². The number of carbonyl (C=O) groups is 2. The minimum atomic E-state index is -0.0146. The van der Waals surface area contributed by atoms with Gasteiger partial charge in [0.15, 0.2) is 0 Å². The zero-order chi connectivity index (χ0) is 16.3. The number of amides is 2. The van der Waals surface area contributed by atoms with Crippen molar-refractivity contribution in [1.29, 1.82) is 0 Å². The van der Waals surface area contributed by atoms with Crippen LogP contribution in [0.3, 0.4) is 0 Å². The Morgan fingerprint density at radius 2 is 2.00 bits per heavy atom. The van der Waals surface area contributed by atoms with Gasteiger partial charge >= 0.3 is 0 Å². The molecule has 126 valence electrons. The number of carbonyl (C=O) groups excluding carboxylic acids is 2. The molecule has 2 heterocycles. The molecule has 0 aromatic heterocycles. The molecule has 2 aliphatic rings. The first kappa shape index (κ1) is 17.2. The molecule has 1 atom stereocenters. The van der Waals surface area contributed by atoms with Crippen LogP contribution in [0.25, 0.3) is 0 Å². The maximum Gasteiger partial charge on any atom is 0.241 e. The van der Waals surface area contributed by atoms with E-state index in [4.69, 9.17) is 4.74 Å². The third kappa shape index (κ3) is 4.20. The van der Waals surface area contributed by atoms with E-state index >= 15 is 0 Å². The Kier molecular flexibility index (Phi) is 5.45. The molecule has 0 N–H and O–H groups in total. The fourth-order valence-corrected chi connectivity index (χ4v) is 3.21.